The van der Waals surface area contributed by atoms with Crippen molar-refractivity contribution in [1.82, 2.24) is 10.2 Å². The van der Waals surface area contributed by atoms with Gasteiger partial charge in [0, 0.05) is 11.8 Å². The van der Waals surface area contributed by atoms with E-state index < -0.39 is 16.5 Å². The van der Waals surface area contributed by atoms with Crippen LogP contribution in [0.5, 0.6) is 0 Å². The lowest BCUT2D eigenvalue weighted by atomic mass is 10.1. The standard InChI is InChI=1S/C11H9ClN4O3/c1-6-5-9(15-14-6)13-11(17)7-3-2-4-8(12)10(7)16(18)19/h2-5H,1H3,(H2,13,14,15,17). The zero-order valence-corrected chi connectivity index (χ0v) is 10.6. The van der Waals surface area contributed by atoms with Crippen molar-refractivity contribution < 1.29 is 9.72 Å². The number of aromatic amines is 1. The van der Waals surface area contributed by atoms with Gasteiger partial charge in [0.25, 0.3) is 5.91 Å². The fraction of sp³-hybridized carbons (Fsp3) is 0.0909. The average molecular weight is 281 g/mol. The summed E-state index contributed by atoms with van der Waals surface area (Å²) in [6.07, 6.45) is 0. The van der Waals surface area contributed by atoms with E-state index in [2.05, 4.69) is 15.5 Å². The van der Waals surface area contributed by atoms with Crippen LogP contribution >= 0.6 is 11.6 Å². The lowest BCUT2D eigenvalue weighted by Gasteiger charge is -2.04. The number of hydrogen-bond acceptors (Lipinski definition) is 4. The summed E-state index contributed by atoms with van der Waals surface area (Å²) in [5.41, 5.74) is 0.225. The number of carbonyl (C=O) groups excluding carboxylic acids is 1. The van der Waals surface area contributed by atoms with Crippen LogP contribution in [0.1, 0.15) is 16.1 Å². The summed E-state index contributed by atoms with van der Waals surface area (Å²) in [5, 5.41) is 19.8. The van der Waals surface area contributed by atoms with E-state index in [1.807, 2.05) is 0 Å². The summed E-state index contributed by atoms with van der Waals surface area (Å²) < 4.78 is 0. The Labute approximate surface area is 112 Å². The molecule has 2 rings (SSSR count). The maximum Gasteiger partial charge on any atom is 0.300 e. The van der Waals surface area contributed by atoms with Crippen molar-refractivity contribution in [2.75, 3.05) is 5.32 Å². The Hall–Kier alpha value is -2.41. The number of amides is 1. The minimum Gasteiger partial charge on any atom is -0.305 e. The van der Waals surface area contributed by atoms with Crippen molar-refractivity contribution >= 4 is 29.0 Å². The van der Waals surface area contributed by atoms with E-state index in [4.69, 9.17) is 11.6 Å². The summed E-state index contributed by atoms with van der Waals surface area (Å²) in [6, 6.07) is 5.77. The highest BCUT2D eigenvalue weighted by Crippen LogP contribution is 2.28. The number of rotatable bonds is 3. The van der Waals surface area contributed by atoms with Gasteiger partial charge in [0.15, 0.2) is 5.82 Å². The monoisotopic (exact) mass is 280 g/mol. The molecule has 0 unspecified atom stereocenters. The van der Waals surface area contributed by atoms with E-state index in [1.165, 1.54) is 18.2 Å². The van der Waals surface area contributed by atoms with Crippen molar-refractivity contribution in [3.05, 3.63) is 50.7 Å². The van der Waals surface area contributed by atoms with E-state index >= 15 is 0 Å². The predicted octanol–water partition coefficient (Wildman–Crippen LogP) is 2.53. The molecule has 0 aliphatic rings. The van der Waals surface area contributed by atoms with E-state index in [-0.39, 0.29) is 16.4 Å². The van der Waals surface area contributed by atoms with Gasteiger partial charge in [-0.2, -0.15) is 5.10 Å². The Morgan fingerprint density at radius 2 is 2.26 bits per heavy atom. The van der Waals surface area contributed by atoms with E-state index in [0.29, 0.717) is 0 Å². The molecule has 2 aromatic rings. The topological polar surface area (TPSA) is 101 Å². The number of nitrogens with one attached hydrogen (secondary N) is 2. The summed E-state index contributed by atoms with van der Waals surface area (Å²) in [5.74, 6) is -0.350. The first-order valence-corrected chi connectivity index (χ1v) is 5.63. The quantitative estimate of drug-likeness (QED) is 0.666. The molecule has 0 saturated heterocycles. The van der Waals surface area contributed by atoms with Gasteiger partial charge in [-0.15, -0.1) is 0 Å². The van der Waals surface area contributed by atoms with Crippen LogP contribution in [0.3, 0.4) is 0 Å². The smallest absolute Gasteiger partial charge is 0.300 e. The molecule has 0 saturated carbocycles. The third-order valence-electron chi connectivity index (χ3n) is 2.36. The van der Waals surface area contributed by atoms with Crippen LogP contribution in [0.15, 0.2) is 24.3 Å². The van der Waals surface area contributed by atoms with Gasteiger partial charge in [0.1, 0.15) is 10.6 Å². The van der Waals surface area contributed by atoms with E-state index in [1.54, 1.807) is 13.0 Å². The van der Waals surface area contributed by atoms with Gasteiger partial charge in [0.05, 0.1) is 4.92 Å². The number of nitro groups is 1. The van der Waals surface area contributed by atoms with Crippen molar-refractivity contribution in [2.45, 2.75) is 6.92 Å². The molecule has 8 heteroatoms. The fourth-order valence-electron chi connectivity index (χ4n) is 1.55. The van der Waals surface area contributed by atoms with E-state index in [9.17, 15) is 14.9 Å². The maximum atomic E-state index is 12.0. The minimum atomic E-state index is -0.687. The second-order valence-corrected chi connectivity index (χ2v) is 4.19. The number of halogens is 1. The molecular formula is C11H9ClN4O3. The number of benzene rings is 1. The molecular weight excluding hydrogens is 272 g/mol. The van der Waals surface area contributed by atoms with Gasteiger partial charge >= 0.3 is 5.69 Å². The number of aryl methyl sites for hydroxylation is 1. The predicted molar refractivity (Wildman–Crippen MR) is 69.4 cm³/mol. The highest BCUT2D eigenvalue weighted by atomic mass is 35.5. The van der Waals surface area contributed by atoms with Gasteiger partial charge in [0.2, 0.25) is 0 Å². The first-order valence-electron chi connectivity index (χ1n) is 5.25. The Kier molecular flexibility index (Phi) is 3.48. The Bertz CT molecular complexity index is 653. The second kappa shape index (κ2) is 5.07. The zero-order chi connectivity index (χ0) is 14.0. The fourth-order valence-corrected chi connectivity index (χ4v) is 1.79. The highest BCUT2D eigenvalue weighted by molar-refractivity contribution is 6.33. The molecule has 0 aliphatic heterocycles. The average Bonchev–Trinajstić information content (AvgIpc) is 2.73. The molecule has 0 aliphatic carbocycles. The number of hydrogen-bond donors (Lipinski definition) is 2. The SMILES string of the molecule is Cc1cc(NC(=O)c2cccc(Cl)c2[N+](=O)[O-])n[nH]1. The Morgan fingerprint density at radius 3 is 2.84 bits per heavy atom. The Balaban J connectivity index is 2.34. The van der Waals surface area contributed by atoms with Gasteiger partial charge < -0.3 is 5.32 Å². The summed E-state index contributed by atoms with van der Waals surface area (Å²) >= 11 is 5.73. The van der Waals surface area contributed by atoms with Crippen LogP contribution in [0.2, 0.25) is 5.02 Å². The summed E-state index contributed by atoms with van der Waals surface area (Å²) in [4.78, 5) is 22.2. The third-order valence-corrected chi connectivity index (χ3v) is 2.67. The normalized spacial score (nSPS) is 10.2. The van der Waals surface area contributed by atoms with Crippen LogP contribution in [0.25, 0.3) is 0 Å². The molecule has 0 radical (unpaired) electrons. The largest absolute Gasteiger partial charge is 0.305 e. The molecule has 1 aromatic heterocycles. The molecule has 19 heavy (non-hydrogen) atoms. The first-order chi connectivity index (χ1) is 8.99. The van der Waals surface area contributed by atoms with Crippen LogP contribution in [-0.2, 0) is 0 Å². The number of anilines is 1. The Morgan fingerprint density at radius 1 is 1.53 bits per heavy atom. The molecule has 7 nitrogen and oxygen atoms in total. The zero-order valence-electron chi connectivity index (χ0n) is 9.81. The van der Waals surface area contributed by atoms with Crippen LogP contribution in [0, 0.1) is 17.0 Å². The molecule has 0 spiro atoms. The molecule has 2 N–H and O–H groups in total. The number of nitro benzene ring substituents is 1. The van der Waals surface area contributed by atoms with Gasteiger partial charge in [-0.25, -0.2) is 0 Å². The van der Waals surface area contributed by atoms with E-state index in [0.717, 1.165) is 5.69 Å². The van der Waals surface area contributed by atoms with Crippen LogP contribution in [0.4, 0.5) is 11.5 Å². The number of aromatic nitrogens is 2. The third kappa shape index (κ3) is 2.71. The van der Waals surface area contributed by atoms with Crippen LogP contribution in [-0.4, -0.2) is 21.0 Å². The molecule has 1 heterocycles. The summed E-state index contributed by atoms with van der Waals surface area (Å²) in [6.45, 7) is 1.77. The van der Waals surface area contributed by atoms with Crippen LogP contribution < -0.4 is 5.32 Å². The molecule has 0 fully saturated rings. The molecule has 1 aromatic carbocycles. The lowest BCUT2D eigenvalue weighted by molar-refractivity contribution is -0.385. The maximum absolute atomic E-state index is 12.0. The highest BCUT2D eigenvalue weighted by Gasteiger charge is 2.23. The number of nitrogens with zero attached hydrogens (tertiary/aromatic N) is 2. The van der Waals surface area contributed by atoms with Crippen molar-refractivity contribution in [3.63, 3.8) is 0 Å². The van der Waals surface area contributed by atoms with Crippen molar-refractivity contribution in [1.29, 1.82) is 0 Å². The number of H-pyrrole nitrogens is 1. The van der Waals surface area contributed by atoms with Gasteiger partial charge in [-0.1, -0.05) is 17.7 Å². The molecule has 0 bridgehead atoms. The van der Waals surface area contributed by atoms with Crippen molar-refractivity contribution in [2.24, 2.45) is 0 Å². The van der Waals surface area contributed by atoms with Crippen molar-refractivity contribution in [3.8, 4) is 0 Å². The molecule has 0 atom stereocenters. The van der Waals surface area contributed by atoms with Gasteiger partial charge in [-0.05, 0) is 19.1 Å². The summed E-state index contributed by atoms with van der Waals surface area (Å²) in [7, 11) is 0. The number of carbonyl (C=O) groups is 1. The lowest BCUT2D eigenvalue weighted by Crippen LogP contribution is -2.14. The minimum absolute atomic E-state index is 0.0872. The first kappa shape index (κ1) is 13.0. The van der Waals surface area contributed by atoms with Gasteiger partial charge in [-0.3, -0.25) is 20.0 Å². The second-order valence-electron chi connectivity index (χ2n) is 3.78. The molecule has 1 amide bonds. The molecule has 98 valence electrons. The number of para-hydroxylation sites is 1.